The van der Waals surface area contributed by atoms with E-state index >= 15 is 0 Å². The lowest BCUT2D eigenvalue weighted by Gasteiger charge is -2.47. The van der Waals surface area contributed by atoms with Crippen molar-refractivity contribution in [3.8, 4) is 23.0 Å². The molecular formula is C48H66Br2N2O12. The van der Waals surface area contributed by atoms with Gasteiger partial charge in [0.15, 0.2) is 23.0 Å². The van der Waals surface area contributed by atoms with E-state index in [1.54, 1.807) is 52.0 Å². The van der Waals surface area contributed by atoms with Gasteiger partial charge in [0, 0.05) is 101 Å². The molecular weight excluding hydrogens is 956 g/mol. The zero-order valence-corrected chi connectivity index (χ0v) is 41.4. The van der Waals surface area contributed by atoms with E-state index < -0.39 is 23.9 Å². The number of hydrogen-bond acceptors (Lipinski definition) is 12. The minimum absolute atomic E-state index is 0. The van der Waals surface area contributed by atoms with Gasteiger partial charge in [-0.3, -0.25) is 28.8 Å². The van der Waals surface area contributed by atoms with Gasteiger partial charge < -0.3 is 71.4 Å². The quantitative estimate of drug-likeness (QED) is 0.0869. The first-order valence-electron chi connectivity index (χ1n) is 22.8. The van der Waals surface area contributed by atoms with Gasteiger partial charge in [0.2, 0.25) is 0 Å². The third kappa shape index (κ3) is 12.9. The topological polar surface area (TPSA) is 158 Å². The number of carbonyl (C=O) groups excluding carboxylic acids is 6. The highest BCUT2D eigenvalue weighted by Crippen LogP contribution is 2.46. The van der Waals surface area contributed by atoms with Crippen LogP contribution in [-0.2, 0) is 51.3 Å². The molecule has 4 heterocycles. The SMILES string of the molecule is CCC(=O)Oc1ccc(C[N+]2(C)[C@@H]3CC[C@H]2CC(OC(=O)CCCCC(=O)OC2C[C@H]4CC[C@@H](C2)[N+]4(C)Cc2ccc(OC(=O)CC)c(OC(=O)CC)c2)C3)cc1OC(=O)CC.[Br-].[Br-]. The van der Waals surface area contributed by atoms with E-state index in [9.17, 15) is 28.8 Å². The molecule has 4 unspecified atom stereocenters. The summed E-state index contributed by atoms with van der Waals surface area (Å²) in [5.41, 5.74) is 1.96. The molecule has 4 saturated heterocycles. The fourth-order valence-corrected chi connectivity index (χ4v) is 10.3. The number of unbranched alkanes of at least 4 members (excludes halogenated alkanes) is 1. The molecule has 2 aromatic rings. The number of benzene rings is 2. The van der Waals surface area contributed by atoms with Gasteiger partial charge in [-0.1, -0.05) is 27.7 Å². The first-order chi connectivity index (χ1) is 29.7. The minimum Gasteiger partial charge on any atom is -1.00 e. The molecule has 8 atom stereocenters. The molecule has 2 aromatic carbocycles. The van der Waals surface area contributed by atoms with Gasteiger partial charge in [-0.2, -0.15) is 0 Å². The van der Waals surface area contributed by atoms with Crippen molar-refractivity contribution in [1.29, 1.82) is 0 Å². The van der Waals surface area contributed by atoms with Crippen molar-refractivity contribution in [1.82, 2.24) is 0 Å². The summed E-state index contributed by atoms with van der Waals surface area (Å²) < 4.78 is 35.6. The van der Waals surface area contributed by atoms with Crippen LogP contribution in [0.4, 0.5) is 0 Å². The second-order valence-electron chi connectivity index (χ2n) is 18.0. The van der Waals surface area contributed by atoms with E-state index in [2.05, 4.69) is 14.1 Å². The molecule has 4 aliphatic heterocycles. The second kappa shape index (κ2) is 23.5. The molecule has 354 valence electrons. The molecule has 64 heavy (non-hydrogen) atoms. The highest BCUT2D eigenvalue weighted by molar-refractivity contribution is 5.77. The van der Waals surface area contributed by atoms with Crippen LogP contribution >= 0.6 is 0 Å². The summed E-state index contributed by atoms with van der Waals surface area (Å²) in [4.78, 5) is 74.4. The second-order valence-corrected chi connectivity index (χ2v) is 18.0. The van der Waals surface area contributed by atoms with Gasteiger partial charge in [0.05, 0.1) is 38.3 Å². The van der Waals surface area contributed by atoms with Crippen LogP contribution in [0.1, 0.15) is 142 Å². The monoisotopic (exact) mass is 1020 g/mol. The number of esters is 6. The van der Waals surface area contributed by atoms with E-state index in [0.717, 1.165) is 71.5 Å². The van der Waals surface area contributed by atoms with Gasteiger partial charge in [-0.25, -0.2) is 0 Å². The molecule has 0 spiro atoms. The molecule has 6 rings (SSSR count). The van der Waals surface area contributed by atoms with E-state index in [1.165, 1.54) is 0 Å². The number of fused-ring (bicyclic) bond motifs is 4. The van der Waals surface area contributed by atoms with Gasteiger partial charge >= 0.3 is 35.8 Å². The van der Waals surface area contributed by atoms with Crippen LogP contribution in [0.3, 0.4) is 0 Å². The molecule has 4 bridgehead atoms. The Morgan fingerprint density at radius 1 is 0.469 bits per heavy atom. The Bertz CT molecular complexity index is 1830. The van der Waals surface area contributed by atoms with Crippen molar-refractivity contribution in [3.05, 3.63) is 47.5 Å². The maximum atomic E-state index is 13.0. The van der Waals surface area contributed by atoms with E-state index in [4.69, 9.17) is 28.4 Å². The van der Waals surface area contributed by atoms with Gasteiger partial charge in [-0.15, -0.1) is 0 Å². The van der Waals surface area contributed by atoms with Crippen LogP contribution in [0.15, 0.2) is 36.4 Å². The molecule has 0 aromatic heterocycles. The molecule has 0 N–H and O–H groups in total. The zero-order chi connectivity index (χ0) is 44.6. The van der Waals surface area contributed by atoms with E-state index in [-0.39, 0.29) is 120 Å². The van der Waals surface area contributed by atoms with Crippen molar-refractivity contribution in [2.24, 2.45) is 0 Å². The van der Waals surface area contributed by atoms with Crippen LogP contribution in [0.5, 0.6) is 23.0 Å². The average Bonchev–Trinajstić information content (AvgIpc) is 3.46. The molecule has 14 nitrogen and oxygen atoms in total. The van der Waals surface area contributed by atoms with Crippen molar-refractivity contribution in [2.45, 2.75) is 180 Å². The first kappa shape index (κ1) is 52.8. The normalized spacial score (nSPS) is 26.3. The average molecular weight is 1020 g/mol. The molecule has 0 radical (unpaired) electrons. The molecule has 0 amide bonds. The summed E-state index contributed by atoms with van der Waals surface area (Å²) in [7, 11) is 4.50. The third-order valence-electron chi connectivity index (χ3n) is 13.9. The number of ether oxygens (including phenoxy) is 6. The van der Waals surface area contributed by atoms with Crippen molar-refractivity contribution >= 4 is 35.8 Å². The first-order valence-corrected chi connectivity index (χ1v) is 22.8. The lowest BCUT2D eigenvalue weighted by Crippen LogP contribution is -3.00. The predicted octanol–water partition coefficient (Wildman–Crippen LogP) is 1.58. The van der Waals surface area contributed by atoms with Crippen LogP contribution in [0, 0.1) is 0 Å². The molecule has 0 aliphatic carbocycles. The number of hydrogen-bond donors (Lipinski definition) is 0. The van der Waals surface area contributed by atoms with Crippen LogP contribution < -0.4 is 52.9 Å². The minimum atomic E-state index is -0.404. The third-order valence-corrected chi connectivity index (χ3v) is 13.9. The largest absolute Gasteiger partial charge is 1.00 e. The number of nitrogens with zero attached hydrogens (tertiary/aromatic N) is 2. The van der Waals surface area contributed by atoms with Crippen LogP contribution in [0.2, 0.25) is 0 Å². The highest BCUT2D eigenvalue weighted by atomic mass is 79.9. The molecule has 4 aliphatic rings. The summed E-state index contributed by atoms with van der Waals surface area (Å²) >= 11 is 0. The zero-order valence-electron chi connectivity index (χ0n) is 38.2. The van der Waals surface area contributed by atoms with Gasteiger partial charge in [-0.05, 0) is 49.2 Å². The Labute approximate surface area is 398 Å². The number of rotatable bonds is 19. The lowest BCUT2D eigenvalue weighted by atomic mass is 9.95. The maximum absolute atomic E-state index is 13.0. The Morgan fingerprint density at radius 3 is 1.06 bits per heavy atom. The number of carbonyl (C=O) groups is 6. The summed E-state index contributed by atoms with van der Waals surface area (Å²) in [6.45, 7) is 8.26. The van der Waals surface area contributed by atoms with Crippen molar-refractivity contribution in [3.63, 3.8) is 0 Å². The van der Waals surface area contributed by atoms with E-state index in [1.807, 2.05) is 12.1 Å². The maximum Gasteiger partial charge on any atom is 0.311 e. The molecule has 4 fully saturated rings. The Kier molecular flexibility index (Phi) is 19.4. The predicted molar refractivity (Wildman–Crippen MR) is 227 cm³/mol. The summed E-state index contributed by atoms with van der Waals surface area (Å²) in [5, 5.41) is 0. The highest BCUT2D eigenvalue weighted by Gasteiger charge is 2.53. The fourth-order valence-electron chi connectivity index (χ4n) is 10.3. The van der Waals surface area contributed by atoms with Crippen LogP contribution in [-0.4, -0.2) is 95.3 Å². The number of quaternary nitrogens is 2. The molecule has 16 heteroatoms. The Hall–Kier alpha value is -3.86. The Balaban J connectivity index is 0.00000449. The standard InChI is InChI=1S/C48H66N2O12.2BrH/c1-7-43(51)59-39-21-15-31(23-41(39)61-45(53)9-3)29-49(5)33-17-18-34(49)26-37(25-33)57-47(55)13-11-12-14-48(56)58-38-27-35-19-20-36(28-38)50(35,6)30-32-16-22-40(60-44(52)8-2)42(24-32)62-46(54)10-4;;/h15-16,21-24,33-38H,7-14,17-20,25-30H2,1-6H3;2*1H/q+2;;/p-2/t33-,34+,35-,36+,37?,38?,49?,50?;;. The van der Waals surface area contributed by atoms with E-state index in [0.29, 0.717) is 50.1 Å². The van der Waals surface area contributed by atoms with Crippen LogP contribution in [0.25, 0.3) is 0 Å². The number of halogens is 2. The van der Waals surface area contributed by atoms with Gasteiger partial charge in [0.1, 0.15) is 25.3 Å². The smallest absolute Gasteiger partial charge is 0.311 e. The van der Waals surface area contributed by atoms with Crippen molar-refractivity contribution in [2.75, 3.05) is 14.1 Å². The summed E-state index contributed by atoms with van der Waals surface area (Å²) in [6, 6.07) is 12.1. The lowest BCUT2D eigenvalue weighted by molar-refractivity contribution is -0.961. The Morgan fingerprint density at radius 2 is 0.766 bits per heavy atom. The number of piperidine rings is 2. The fraction of sp³-hybridized carbons (Fsp3) is 0.625. The van der Waals surface area contributed by atoms with Gasteiger partial charge in [0.25, 0.3) is 0 Å². The van der Waals surface area contributed by atoms with Crippen molar-refractivity contribution < 1.29 is 100 Å². The molecule has 0 saturated carbocycles. The summed E-state index contributed by atoms with van der Waals surface area (Å²) in [6.07, 6.45) is 9.34. The summed E-state index contributed by atoms with van der Waals surface area (Å²) in [5.74, 6) is -1.11.